The first-order chi connectivity index (χ1) is 13.3. The molecule has 2 aromatic rings. The third-order valence-corrected chi connectivity index (χ3v) is 5.01. The van der Waals surface area contributed by atoms with Crippen molar-refractivity contribution in [1.82, 2.24) is 15.1 Å². The first-order valence-electron chi connectivity index (χ1n) is 9.62. The highest BCUT2D eigenvalue weighted by atomic mass is 16.5. The molecule has 1 aliphatic rings. The minimum absolute atomic E-state index is 0.0695. The van der Waals surface area contributed by atoms with Gasteiger partial charge in [0.15, 0.2) is 6.10 Å². The molecule has 150 valence electrons. The van der Waals surface area contributed by atoms with Crippen LogP contribution in [-0.4, -0.2) is 41.3 Å². The van der Waals surface area contributed by atoms with E-state index < -0.39 is 6.10 Å². The van der Waals surface area contributed by atoms with Gasteiger partial charge in [0.25, 0.3) is 5.91 Å². The summed E-state index contributed by atoms with van der Waals surface area (Å²) in [5.41, 5.74) is 3.53. The van der Waals surface area contributed by atoms with E-state index in [-0.39, 0.29) is 24.8 Å². The number of nitrogens with one attached hydrogen (secondary N) is 1. The number of likely N-dealkylation sites (N-methyl/N-ethyl adjacent to an activating group) is 1. The Morgan fingerprint density at radius 2 is 2.00 bits per heavy atom. The van der Waals surface area contributed by atoms with Crippen LogP contribution in [0.15, 0.2) is 24.3 Å². The lowest BCUT2D eigenvalue weighted by Crippen LogP contribution is -2.50. The molecule has 28 heavy (non-hydrogen) atoms. The van der Waals surface area contributed by atoms with E-state index in [0.29, 0.717) is 17.4 Å². The van der Waals surface area contributed by atoms with Crippen LogP contribution in [0.2, 0.25) is 0 Å². The van der Waals surface area contributed by atoms with Crippen LogP contribution in [0.5, 0.6) is 5.75 Å². The molecule has 2 heterocycles. The molecule has 0 spiro atoms. The smallest absolute Gasteiger partial charge is 0.262 e. The standard InChI is InChI=1S/C21H28N4O3/c1-13(2)11-25-15(4)16(14(3)23-25)10-20(26)24-12-19(21(27)22-5)28-18-9-7-6-8-17(18)24/h6-9,13,19H,10-12H2,1-5H3,(H,22,27)/t19-/m0/s1. The maximum atomic E-state index is 13.2. The van der Waals surface area contributed by atoms with Crippen molar-refractivity contribution in [3.63, 3.8) is 0 Å². The summed E-state index contributed by atoms with van der Waals surface area (Å²) in [4.78, 5) is 27.0. The molecule has 0 saturated carbocycles. The van der Waals surface area contributed by atoms with Crippen molar-refractivity contribution in [2.24, 2.45) is 5.92 Å². The van der Waals surface area contributed by atoms with E-state index in [9.17, 15) is 9.59 Å². The third-order valence-electron chi connectivity index (χ3n) is 5.01. The Morgan fingerprint density at radius 1 is 1.29 bits per heavy atom. The number of rotatable bonds is 5. The maximum Gasteiger partial charge on any atom is 0.262 e. The molecule has 0 saturated heterocycles. The Bertz CT molecular complexity index is 888. The lowest BCUT2D eigenvalue weighted by molar-refractivity contribution is -0.127. The summed E-state index contributed by atoms with van der Waals surface area (Å²) in [6, 6.07) is 7.31. The van der Waals surface area contributed by atoms with Gasteiger partial charge in [-0.2, -0.15) is 5.10 Å². The average Bonchev–Trinajstić information content (AvgIpc) is 2.93. The van der Waals surface area contributed by atoms with Gasteiger partial charge < -0.3 is 15.0 Å². The number of nitrogens with zero attached hydrogens (tertiary/aromatic N) is 3. The van der Waals surface area contributed by atoms with Gasteiger partial charge in [-0.1, -0.05) is 26.0 Å². The number of aromatic nitrogens is 2. The minimum Gasteiger partial charge on any atom is -0.477 e. The summed E-state index contributed by atoms with van der Waals surface area (Å²) in [5, 5.41) is 7.21. The Labute approximate surface area is 165 Å². The molecule has 1 aliphatic heterocycles. The summed E-state index contributed by atoms with van der Waals surface area (Å²) >= 11 is 0. The number of benzene rings is 1. The molecule has 0 bridgehead atoms. The zero-order valence-electron chi connectivity index (χ0n) is 17.2. The fraction of sp³-hybridized carbons (Fsp3) is 0.476. The number of carbonyl (C=O) groups is 2. The number of carbonyl (C=O) groups excluding carboxylic acids is 2. The molecule has 1 N–H and O–H groups in total. The molecule has 1 atom stereocenters. The predicted octanol–water partition coefficient (Wildman–Crippen LogP) is 2.24. The summed E-state index contributed by atoms with van der Waals surface area (Å²) in [6.07, 6.45) is -0.486. The second kappa shape index (κ2) is 8.04. The fourth-order valence-corrected chi connectivity index (χ4v) is 3.53. The maximum absolute atomic E-state index is 13.2. The number of amides is 2. The molecule has 3 rings (SSSR count). The SMILES string of the molecule is CNC(=O)[C@@H]1CN(C(=O)Cc2c(C)nn(CC(C)C)c2C)c2ccccc2O1. The van der Waals surface area contributed by atoms with Gasteiger partial charge in [0, 0.05) is 24.8 Å². The number of fused-ring (bicyclic) bond motifs is 1. The first kappa shape index (κ1) is 19.9. The van der Waals surface area contributed by atoms with Crippen molar-refractivity contribution in [1.29, 1.82) is 0 Å². The molecule has 0 radical (unpaired) electrons. The first-order valence-corrected chi connectivity index (χ1v) is 9.62. The van der Waals surface area contributed by atoms with Gasteiger partial charge in [-0.25, -0.2) is 0 Å². The molecule has 1 aromatic heterocycles. The molecule has 7 nitrogen and oxygen atoms in total. The van der Waals surface area contributed by atoms with Gasteiger partial charge in [-0.05, 0) is 31.9 Å². The van der Waals surface area contributed by atoms with Gasteiger partial charge in [-0.15, -0.1) is 0 Å². The van der Waals surface area contributed by atoms with Crippen LogP contribution in [0.3, 0.4) is 0 Å². The van der Waals surface area contributed by atoms with Crippen LogP contribution < -0.4 is 15.0 Å². The van der Waals surface area contributed by atoms with Gasteiger partial charge in [-0.3, -0.25) is 14.3 Å². The summed E-state index contributed by atoms with van der Waals surface area (Å²) in [5.74, 6) is 0.699. The Hall–Kier alpha value is -2.83. The van der Waals surface area contributed by atoms with Crippen LogP contribution >= 0.6 is 0 Å². The molecular weight excluding hydrogens is 356 g/mol. The molecule has 0 unspecified atom stereocenters. The zero-order chi connectivity index (χ0) is 20.4. The molecule has 0 aliphatic carbocycles. The van der Waals surface area contributed by atoms with Crippen LogP contribution in [0, 0.1) is 19.8 Å². The normalized spacial score (nSPS) is 15.9. The van der Waals surface area contributed by atoms with Gasteiger partial charge in [0.05, 0.1) is 24.3 Å². The zero-order valence-corrected chi connectivity index (χ0v) is 17.2. The predicted molar refractivity (Wildman–Crippen MR) is 108 cm³/mol. The molecular formula is C21H28N4O3. The van der Waals surface area contributed by atoms with E-state index >= 15 is 0 Å². The number of para-hydroxylation sites is 2. The Morgan fingerprint density at radius 3 is 2.68 bits per heavy atom. The Balaban J connectivity index is 1.88. The number of hydrogen-bond acceptors (Lipinski definition) is 4. The number of ether oxygens (including phenoxy) is 1. The van der Waals surface area contributed by atoms with E-state index in [1.807, 2.05) is 36.7 Å². The fourth-order valence-electron chi connectivity index (χ4n) is 3.53. The highest BCUT2D eigenvalue weighted by molar-refractivity contribution is 5.98. The third kappa shape index (κ3) is 3.88. The van der Waals surface area contributed by atoms with Gasteiger partial charge >= 0.3 is 0 Å². The van der Waals surface area contributed by atoms with Crippen molar-refractivity contribution in [2.75, 3.05) is 18.5 Å². The van der Waals surface area contributed by atoms with Crippen molar-refractivity contribution in [3.05, 3.63) is 41.2 Å². The van der Waals surface area contributed by atoms with Crippen molar-refractivity contribution in [3.8, 4) is 5.75 Å². The van der Waals surface area contributed by atoms with Gasteiger partial charge in [0.2, 0.25) is 5.91 Å². The van der Waals surface area contributed by atoms with E-state index in [1.165, 1.54) is 0 Å². The second-order valence-electron chi connectivity index (χ2n) is 7.59. The topological polar surface area (TPSA) is 76.5 Å². The largest absolute Gasteiger partial charge is 0.477 e. The second-order valence-corrected chi connectivity index (χ2v) is 7.59. The molecule has 0 fully saturated rings. The number of hydrogen-bond donors (Lipinski definition) is 1. The Kier molecular flexibility index (Phi) is 5.72. The highest BCUT2D eigenvalue weighted by Crippen LogP contribution is 2.33. The summed E-state index contributed by atoms with van der Waals surface area (Å²) in [7, 11) is 1.56. The quantitative estimate of drug-likeness (QED) is 0.858. The lowest BCUT2D eigenvalue weighted by atomic mass is 10.1. The summed E-state index contributed by atoms with van der Waals surface area (Å²) in [6.45, 7) is 9.24. The van der Waals surface area contributed by atoms with Crippen molar-refractivity contribution < 1.29 is 14.3 Å². The molecule has 7 heteroatoms. The number of aryl methyl sites for hydroxylation is 1. The van der Waals surface area contributed by atoms with Crippen molar-refractivity contribution in [2.45, 2.75) is 46.8 Å². The van der Waals surface area contributed by atoms with Crippen LogP contribution in [0.25, 0.3) is 0 Å². The molecule has 2 amide bonds. The minimum atomic E-state index is -0.727. The van der Waals surface area contributed by atoms with Crippen LogP contribution in [0.4, 0.5) is 5.69 Å². The van der Waals surface area contributed by atoms with Crippen LogP contribution in [0.1, 0.15) is 30.8 Å². The van der Waals surface area contributed by atoms with Crippen LogP contribution in [-0.2, 0) is 22.6 Å². The van der Waals surface area contributed by atoms with E-state index in [0.717, 1.165) is 23.5 Å². The summed E-state index contributed by atoms with van der Waals surface area (Å²) < 4.78 is 7.76. The van der Waals surface area contributed by atoms with E-state index in [2.05, 4.69) is 24.3 Å². The van der Waals surface area contributed by atoms with E-state index in [1.54, 1.807) is 18.0 Å². The monoisotopic (exact) mass is 384 g/mol. The highest BCUT2D eigenvalue weighted by Gasteiger charge is 2.33. The van der Waals surface area contributed by atoms with Gasteiger partial charge in [0.1, 0.15) is 5.75 Å². The van der Waals surface area contributed by atoms with E-state index in [4.69, 9.17) is 4.74 Å². The average molecular weight is 384 g/mol. The number of anilines is 1. The lowest BCUT2D eigenvalue weighted by Gasteiger charge is -2.34. The molecule has 1 aromatic carbocycles. The van der Waals surface area contributed by atoms with Crippen molar-refractivity contribution >= 4 is 17.5 Å².